The quantitative estimate of drug-likeness (QED) is 0.689. The van der Waals surface area contributed by atoms with Gasteiger partial charge in [-0.3, -0.25) is 10.1 Å². The van der Waals surface area contributed by atoms with Crippen LogP contribution in [0.25, 0.3) is 0 Å². The minimum Gasteiger partial charge on any atom is -0.450 e. The lowest BCUT2D eigenvalue weighted by molar-refractivity contribution is -0.385. The molecule has 0 radical (unpaired) electrons. The van der Waals surface area contributed by atoms with Crippen LogP contribution in [0, 0.1) is 21.7 Å². The number of nitrogens with two attached hydrogens (primary N) is 1. The lowest BCUT2D eigenvalue weighted by Crippen LogP contribution is -1.99. The van der Waals surface area contributed by atoms with E-state index in [1.807, 2.05) is 0 Å². The standard InChI is InChI=1S/C13H10F2N2O3/c14-9-1-2-12(17(18)19)13(6-9)20-11-4-8(7-16)3-10(15)5-11/h1-6H,7,16H2. The third-order valence-corrected chi connectivity index (χ3v) is 2.51. The molecule has 5 nitrogen and oxygen atoms in total. The molecule has 2 aromatic carbocycles. The van der Waals surface area contributed by atoms with Gasteiger partial charge in [-0.15, -0.1) is 0 Å². The van der Waals surface area contributed by atoms with Crippen LogP contribution in [0.5, 0.6) is 11.5 Å². The fourth-order valence-electron chi connectivity index (χ4n) is 1.65. The Morgan fingerprint density at radius 1 is 1.15 bits per heavy atom. The van der Waals surface area contributed by atoms with Crippen LogP contribution in [0.15, 0.2) is 36.4 Å². The first-order valence-corrected chi connectivity index (χ1v) is 5.61. The second kappa shape index (κ2) is 5.62. The van der Waals surface area contributed by atoms with Gasteiger partial charge >= 0.3 is 5.69 Å². The molecule has 0 saturated carbocycles. The number of ether oxygens (including phenoxy) is 1. The highest BCUT2D eigenvalue weighted by Crippen LogP contribution is 2.32. The summed E-state index contributed by atoms with van der Waals surface area (Å²) >= 11 is 0. The lowest BCUT2D eigenvalue weighted by atomic mass is 10.2. The molecule has 0 bridgehead atoms. The van der Waals surface area contributed by atoms with Crippen LogP contribution < -0.4 is 10.5 Å². The van der Waals surface area contributed by atoms with E-state index >= 15 is 0 Å². The highest BCUT2D eigenvalue weighted by Gasteiger charge is 2.17. The summed E-state index contributed by atoms with van der Waals surface area (Å²) < 4.78 is 31.7. The van der Waals surface area contributed by atoms with E-state index in [4.69, 9.17) is 10.5 Å². The van der Waals surface area contributed by atoms with Crippen molar-refractivity contribution < 1.29 is 18.4 Å². The van der Waals surface area contributed by atoms with Crippen LogP contribution in [0.2, 0.25) is 0 Å². The predicted octanol–water partition coefficient (Wildman–Crippen LogP) is 3.12. The van der Waals surface area contributed by atoms with E-state index in [1.54, 1.807) is 0 Å². The largest absolute Gasteiger partial charge is 0.450 e. The van der Waals surface area contributed by atoms with Gasteiger partial charge in [-0.1, -0.05) is 0 Å². The third-order valence-electron chi connectivity index (χ3n) is 2.51. The molecule has 0 fully saturated rings. The maximum Gasteiger partial charge on any atom is 0.311 e. The van der Waals surface area contributed by atoms with Gasteiger partial charge in [-0.25, -0.2) is 8.78 Å². The Kier molecular flexibility index (Phi) is 3.90. The summed E-state index contributed by atoms with van der Waals surface area (Å²) in [7, 11) is 0. The fourth-order valence-corrected chi connectivity index (χ4v) is 1.65. The van der Waals surface area contributed by atoms with Crippen molar-refractivity contribution >= 4 is 5.69 Å². The molecule has 0 heterocycles. The van der Waals surface area contributed by atoms with Gasteiger partial charge < -0.3 is 10.5 Å². The summed E-state index contributed by atoms with van der Waals surface area (Å²) in [4.78, 5) is 10.1. The monoisotopic (exact) mass is 280 g/mol. The van der Waals surface area contributed by atoms with E-state index in [0.29, 0.717) is 5.56 Å². The van der Waals surface area contributed by atoms with Gasteiger partial charge in [-0.2, -0.15) is 0 Å². The maximum absolute atomic E-state index is 13.3. The number of rotatable bonds is 4. The van der Waals surface area contributed by atoms with Crippen molar-refractivity contribution in [3.63, 3.8) is 0 Å². The number of nitro groups is 1. The zero-order valence-corrected chi connectivity index (χ0v) is 10.2. The van der Waals surface area contributed by atoms with Crippen LogP contribution in [0.3, 0.4) is 0 Å². The van der Waals surface area contributed by atoms with Crippen molar-refractivity contribution in [2.75, 3.05) is 0 Å². The smallest absolute Gasteiger partial charge is 0.311 e. The highest BCUT2D eigenvalue weighted by atomic mass is 19.1. The summed E-state index contributed by atoms with van der Waals surface area (Å²) in [5, 5.41) is 10.8. The average Bonchev–Trinajstić information content (AvgIpc) is 2.37. The fraction of sp³-hybridized carbons (Fsp3) is 0.0769. The first kappa shape index (κ1) is 13.9. The summed E-state index contributed by atoms with van der Waals surface area (Å²) in [6.45, 7) is 0.0827. The Balaban J connectivity index is 2.41. The average molecular weight is 280 g/mol. The van der Waals surface area contributed by atoms with E-state index in [9.17, 15) is 18.9 Å². The van der Waals surface area contributed by atoms with Crippen molar-refractivity contribution in [2.24, 2.45) is 5.73 Å². The minimum absolute atomic E-state index is 0.0131. The van der Waals surface area contributed by atoms with E-state index in [-0.39, 0.29) is 18.0 Å². The van der Waals surface area contributed by atoms with Gasteiger partial charge in [-0.05, 0) is 23.8 Å². The molecular formula is C13H10F2N2O3. The second-order valence-corrected chi connectivity index (χ2v) is 3.97. The van der Waals surface area contributed by atoms with Gasteiger partial charge in [0.25, 0.3) is 0 Å². The van der Waals surface area contributed by atoms with E-state index < -0.39 is 22.2 Å². The molecule has 0 spiro atoms. The number of nitrogens with zero attached hydrogens (tertiary/aromatic N) is 1. The molecule has 2 aromatic rings. The molecule has 0 aliphatic carbocycles. The van der Waals surface area contributed by atoms with Gasteiger partial charge in [0.15, 0.2) is 0 Å². The zero-order valence-electron chi connectivity index (χ0n) is 10.2. The molecule has 0 unspecified atom stereocenters. The molecule has 20 heavy (non-hydrogen) atoms. The Morgan fingerprint density at radius 3 is 2.55 bits per heavy atom. The Bertz CT molecular complexity index is 662. The van der Waals surface area contributed by atoms with Crippen LogP contribution in [0.1, 0.15) is 5.56 Å². The molecule has 0 aliphatic heterocycles. The van der Waals surface area contributed by atoms with E-state index in [1.165, 1.54) is 12.1 Å². The molecule has 0 saturated heterocycles. The number of halogens is 2. The van der Waals surface area contributed by atoms with Crippen molar-refractivity contribution in [3.8, 4) is 11.5 Å². The summed E-state index contributed by atoms with van der Waals surface area (Å²) in [5.74, 6) is -1.58. The Morgan fingerprint density at radius 2 is 1.90 bits per heavy atom. The summed E-state index contributed by atoms with van der Waals surface area (Å²) in [6.07, 6.45) is 0. The van der Waals surface area contributed by atoms with Gasteiger partial charge in [0, 0.05) is 24.7 Å². The van der Waals surface area contributed by atoms with Gasteiger partial charge in [0.05, 0.1) is 4.92 Å². The lowest BCUT2D eigenvalue weighted by Gasteiger charge is -2.08. The summed E-state index contributed by atoms with van der Waals surface area (Å²) in [5.41, 5.74) is 5.44. The molecule has 0 aliphatic rings. The highest BCUT2D eigenvalue weighted by molar-refractivity contribution is 5.48. The molecule has 7 heteroatoms. The van der Waals surface area contributed by atoms with Crippen LogP contribution >= 0.6 is 0 Å². The van der Waals surface area contributed by atoms with Crippen molar-refractivity contribution in [2.45, 2.75) is 6.54 Å². The van der Waals surface area contributed by atoms with Crippen LogP contribution in [0.4, 0.5) is 14.5 Å². The van der Waals surface area contributed by atoms with Crippen molar-refractivity contribution in [1.29, 1.82) is 0 Å². The molecule has 0 amide bonds. The molecular weight excluding hydrogens is 270 g/mol. The number of hydrogen-bond acceptors (Lipinski definition) is 4. The van der Waals surface area contributed by atoms with Gasteiger partial charge in [0.2, 0.25) is 5.75 Å². The third kappa shape index (κ3) is 3.07. The van der Waals surface area contributed by atoms with Crippen molar-refractivity contribution in [3.05, 3.63) is 63.7 Å². The van der Waals surface area contributed by atoms with Gasteiger partial charge in [0.1, 0.15) is 17.4 Å². The SMILES string of the molecule is NCc1cc(F)cc(Oc2cc(F)ccc2[N+](=O)[O-])c1. The number of hydrogen-bond donors (Lipinski definition) is 1. The Labute approximate surface area is 112 Å². The first-order valence-electron chi connectivity index (χ1n) is 5.61. The summed E-state index contributed by atoms with van der Waals surface area (Å²) in [6, 6.07) is 6.47. The normalized spacial score (nSPS) is 10.3. The zero-order chi connectivity index (χ0) is 14.7. The second-order valence-electron chi connectivity index (χ2n) is 3.97. The molecule has 0 atom stereocenters. The molecule has 2 rings (SSSR count). The molecule has 0 aromatic heterocycles. The van der Waals surface area contributed by atoms with E-state index in [2.05, 4.69) is 0 Å². The predicted molar refractivity (Wildman–Crippen MR) is 67.4 cm³/mol. The van der Waals surface area contributed by atoms with Crippen LogP contribution in [-0.2, 0) is 6.54 Å². The molecule has 104 valence electrons. The number of benzene rings is 2. The number of nitro benzene ring substituents is 1. The maximum atomic E-state index is 13.3. The Hall–Kier alpha value is -2.54. The van der Waals surface area contributed by atoms with E-state index in [0.717, 1.165) is 24.3 Å². The van der Waals surface area contributed by atoms with Crippen molar-refractivity contribution in [1.82, 2.24) is 0 Å². The topological polar surface area (TPSA) is 78.4 Å². The molecule has 2 N–H and O–H groups in total. The minimum atomic E-state index is -0.710. The van der Waals surface area contributed by atoms with Crippen LogP contribution in [-0.4, -0.2) is 4.92 Å². The first-order chi connectivity index (χ1) is 9.49.